The number of aromatic nitrogens is 2. The van der Waals surface area contributed by atoms with Gasteiger partial charge in [-0.15, -0.1) is 0 Å². The van der Waals surface area contributed by atoms with Gasteiger partial charge >= 0.3 is 0 Å². The summed E-state index contributed by atoms with van der Waals surface area (Å²) in [5, 5.41) is 3.57. The number of hydrogen-bond donors (Lipinski definition) is 2. The summed E-state index contributed by atoms with van der Waals surface area (Å²) < 4.78 is 0. The van der Waals surface area contributed by atoms with E-state index in [0.29, 0.717) is 12.0 Å². The zero-order chi connectivity index (χ0) is 12.1. The Labute approximate surface area is 98.5 Å². The minimum Gasteiger partial charge on any atom is -0.348 e. The number of imidazole rings is 1. The molecule has 0 radical (unpaired) electrons. The molecule has 1 aromatic rings. The molecule has 1 atom stereocenters. The number of nitrogens with zero attached hydrogens (tertiary/aromatic N) is 2. The molecule has 0 aliphatic heterocycles. The van der Waals surface area contributed by atoms with Gasteiger partial charge in [-0.25, -0.2) is 4.98 Å². The predicted molar refractivity (Wildman–Crippen MR) is 67.3 cm³/mol. The van der Waals surface area contributed by atoms with Crippen LogP contribution in [0.4, 0.5) is 0 Å². The van der Waals surface area contributed by atoms with E-state index >= 15 is 0 Å². The normalized spacial score (nSPS) is 13.7. The molecule has 0 bridgehead atoms. The van der Waals surface area contributed by atoms with Crippen LogP contribution in [0.2, 0.25) is 0 Å². The molecule has 1 heterocycles. The number of H-pyrrole nitrogens is 1. The molecule has 16 heavy (non-hydrogen) atoms. The van der Waals surface area contributed by atoms with Crippen molar-refractivity contribution < 1.29 is 0 Å². The molecule has 0 saturated heterocycles. The van der Waals surface area contributed by atoms with Crippen molar-refractivity contribution in [3.63, 3.8) is 0 Å². The Hall–Kier alpha value is -0.870. The fraction of sp³-hybridized carbons (Fsp3) is 0.750. The molecule has 0 spiro atoms. The number of rotatable bonds is 6. The second-order valence-electron chi connectivity index (χ2n) is 4.97. The lowest BCUT2D eigenvalue weighted by molar-refractivity contribution is 0.287. The summed E-state index contributed by atoms with van der Waals surface area (Å²) in [6.45, 7) is 8.45. The van der Waals surface area contributed by atoms with Crippen LogP contribution in [0.15, 0.2) is 6.33 Å². The van der Waals surface area contributed by atoms with E-state index in [9.17, 15) is 0 Å². The van der Waals surface area contributed by atoms with Crippen LogP contribution in [0.3, 0.4) is 0 Å². The molecule has 0 amide bonds. The topological polar surface area (TPSA) is 44.0 Å². The van der Waals surface area contributed by atoms with Crippen molar-refractivity contribution in [2.45, 2.75) is 33.4 Å². The van der Waals surface area contributed by atoms with Crippen LogP contribution in [0.1, 0.15) is 25.2 Å². The summed E-state index contributed by atoms with van der Waals surface area (Å²) in [7, 11) is 4.22. The van der Waals surface area contributed by atoms with E-state index in [-0.39, 0.29) is 0 Å². The minimum absolute atomic E-state index is 0.506. The molecular formula is C12H24N4. The van der Waals surface area contributed by atoms with Gasteiger partial charge in [-0.3, -0.25) is 0 Å². The highest BCUT2D eigenvalue weighted by Gasteiger charge is 2.14. The van der Waals surface area contributed by atoms with E-state index < -0.39 is 0 Å². The first kappa shape index (κ1) is 13.2. The number of aryl methyl sites for hydroxylation is 1. The van der Waals surface area contributed by atoms with Gasteiger partial charge in [0.25, 0.3) is 0 Å². The number of aromatic amines is 1. The summed E-state index contributed by atoms with van der Waals surface area (Å²) in [4.78, 5) is 9.61. The monoisotopic (exact) mass is 224 g/mol. The quantitative estimate of drug-likeness (QED) is 0.767. The van der Waals surface area contributed by atoms with Gasteiger partial charge in [0.15, 0.2) is 0 Å². The molecule has 0 aliphatic carbocycles. The van der Waals surface area contributed by atoms with Gasteiger partial charge < -0.3 is 15.2 Å². The Balaban J connectivity index is 2.47. The molecule has 1 aromatic heterocycles. The summed E-state index contributed by atoms with van der Waals surface area (Å²) >= 11 is 0. The Morgan fingerprint density at radius 1 is 1.44 bits per heavy atom. The third-order valence-corrected chi connectivity index (χ3v) is 2.83. The lowest BCUT2D eigenvalue weighted by atomic mass is 10.0. The predicted octanol–water partition coefficient (Wildman–Crippen LogP) is 1.39. The largest absolute Gasteiger partial charge is 0.348 e. The summed E-state index contributed by atoms with van der Waals surface area (Å²) in [6.07, 6.45) is 1.75. The van der Waals surface area contributed by atoms with E-state index in [1.54, 1.807) is 6.33 Å². The maximum absolute atomic E-state index is 4.29. The maximum atomic E-state index is 4.29. The first-order valence-electron chi connectivity index (χ1n) is 5.87. The zero-order valence-corrected chi connectivity index (χ0v) is 11.0. The molecule has 0 aromatic carbocycles. The van der Waals surface area contributed by atoms with Gasteiger partial charge in [0.05, 0.1) is 12.0 Å². The number of hydrogen-bond acceptors (Lipinski definition) is 3. The average molecular weight is 224 g/mol. The smallest absolute Gasteiger partial charge is 0.0925 e. The van der Waals surface area contributed by atoms with Crippen molar-refractivity contribution in [1.82, 2.24) is 20.2 Å². The molecule has 4 nitrogen and oxygen atoms in total. The van der Waals surface area contributed by atoms with E-state index in [1.165, 1.54) is 0 Å². The number of nitrogens with one attached hydrogen (secondary N) is 2. The van der Waals surface area contributed by atoms with Gasteiger partial charge in [-0.2, -0.15) is 0 Å². The average Bonchev–Trinajstić information content (AvgIpc) is 2.57. The molecule has 1 unspecified atom stereocenters. The molecule has 4 heteroatoms. The third kappa shape index (κ3) is 3.94. The summed E-state index contributed by atoms with van der Waals surface area (Å²) in [5.41, 5.74) is 2.27. The van der Waals surface area contributed by atoms with Crippen molar-refractivity contribution >= 4 is 0 Å². The van der Waals surface area contributed by atoms with Crippen LogP contribution in [-0.2, 0) is 6.54 Å². The van der Waals surface area contributed by atoms with Crippen LogP contribution >= 0.6 is 0 Å². The van der Waals surface area contributed by atoms with Gasteiger partial charge in [0.2, 0.25) is 0 Å². The second-order valence-corrected chi connectivity index (χ2v) is 4.97. The number of likely N-dealkylation sites (N-methyl/N-ethyl adjacent to an activating group) is 1. The molecule has 0 aliphatic rings. The first-order chi connectivity index (χ1) is 7.50. The van der Waals surface area contributed by atoms with Crippen molar-refractivity contribution in [2.75, 3.05) is 20.6 Å². The molecular weight excluding hydrogens is 200 g/mol. The second kappa shape index (κ2) is 6.01. The molecule has 92 valence electrons. The fourth-order valence-corrected chi connectivity index (χ4v) is 1.70. The minimum atomic E-state index is 0.506. The van der Waals surface area contributed by atoms with Gasteiger partial charge in [0, 0.05) is 24.8 Å². The van der Waals surface area contributed by atoms with Crippen LogP contribution < -0.4 is 5.32 Å². The van der Waals surface area contributed by atoms with E-state index in [0.717, 1.165) is 24.5 Å². The van der Waals surface area contributed by atoms with E-state index in [1.807, 2.05) is 0 Å². The van der Waals surface area contributed by atoms with Crippen LogP contribution in [-0.4, -0.2) is 41.5 Å². The Bertz CT molecular complexity index is 304. The Morgan fingerprint density at radius 2 is 2.12 bits per heavy atom. The van der Waals surface area contributed by atoms with Crippen LogP contribution in [0.5, 0.6) is 0 Å². The lowest BCUT2D eigenvalue weighted by Gasteiger charge is -2.25. The highest BCUT2D eigenvalue weighted by Crippen LogP contribution is 2.05. The van der Waals surface area contributed by atoms with Crippen LogP contribution in [0.25, 0.3) is 0 Å². The molecule has 0 fully saturated rings. The SMILES string of the molecule is Cc1[nH]cnc1CNC(CN(C)C)C(C)C. The third-order valence-electron chi connectivity index (χ3n) is 2.83. The maximum Gasteiger partial charge on any atom is 0.0925 e. The van der Waals surface area contributed by atoms with Gasteiger partial charge in [-0.1, -0.05) is 13.8 Å². The van der Waals surface area contributed by atoms with Crippen LogP contribution in [0, 0.1) is 12.8 Å². The standard InChI is InChI=1S/C12H24N4/c1-9(2)12(7-16(4)5)13-6-11-10(3)14-8-15-11/h8-9,12-13H,6-7H2,1-5H3,(H,14,15). The highest BCUT2D eigenvalue weighted by molar-refractivity contribution is 5.08. The zero-order valence-electron chi connectivity index (χ0n) is 11.0. The van der Waals surface area contributed by atoms with E-state index in [2.05, 4.69) is 55.1 Å². The molecule has 1 rings (SSSR count). The Morgan fingerprint density at radius 3 is 2.56 bits per heavy atom. The van der Waals surface area contributed by atoms with Gasteiger partial charge in [0.1, 0.15) is 0 Å². The Kier molecular flexibility index (Phi) is 4.96. The van der Waals surface area contributed by atoms with Crippen molar-refractivity contribution in [2.24, 2.45) is 5.92 Å². The van der Waals surface area contributed by atoms with Crippen molar-refractivity contribution in [3.05, 3.63) is 17.7 Å². The summed E-state index contributed by atoms with van der Waals surface area (Å²) in [5.74, 6) is 0.627. The highest BCUT2D eigenvalue weighted by atomic mass is 15.1. The van der Waals surface area contributed by atoms with E-state index in [4.69, 9.17) is 0 Å². The molecule has 2 N–H and O–H groups in total. The molecule has 0 saturated carbocycles. The lowest BCUT2D eigenvalue weighted by Crippen LogP contribution is -2.41. The summed E-state index contributed by atoms with van der Waals surface area (Å²) in [6, 6.07) is 0.506. The van der Waals surface area contributed by atoms with Crippen molar-refractivity contribution in [1.29, 1.82) is 0 Å². The van der Waals surface area contributed by atoms with Crippen molar-refractivity contribution in [3.8, 4) is 0 Å². The fourth-order valence-electron chi connectivity index (χ4n) is 1.70. The first-order valence-corrected chi connectivity index (χ1v) is 5.87. The van der Waals surface area contributed by atoms with Gasteiger partial charge in [-0.05, 0) is 26.9 Å².